The molecule has 1 N–H and O–H groups in total. The lowest BCUT2D eigenvalue weighted by atomic mass is 10.1. The van der Waals surface area contributed by atoms with Crippen LogP contribution in [0.25, 0.3) is 0 Å². The summed E-state index contributed by atoms with van der Waals surface area (Å²) in [5.74, 6) is -0.400. The van der Waals surface area contributed by atoms with Crippen LogP contribution in [-0.2, 0) is 0 Å². The van der Waals surface area contributed by atoms with Gasteiger partial charge in [0.15, 0.2) is 5.75 Å². The number of fused-ring (bicyclic) bond motifs is 1. The molecule has 1 aromatic rings. The van der Waals surface area contributed by atoms with Gasteiger partial charge in [0.05, 0.1) is 12.2 Å². The first-order valence-corrected chi connectivity index (χ1v) is 7.67. The third-order valence-electron chi connectivity index (χ3n) is 3.89. The Balaban J connectivity index is 1.92. The number of hydrogen-bond donors (Lipinski definition) is 1. The average Bonchev–Trinajstić information content (AvgIpc) is 3.19. The fourth-order valence-corrected chi connectivity index (χ4v) is 3.35. The van der Waals surface area contributed by atoms with Gasteiger partial charge in [-0.3, -0.25) is 0 Å². The van der Waals surface area contributed by atoms with Crippen LogP contribution in [-0.4, -0.2) is 41.8 Å². The molecule has 1 aliphatic heterocycles. The van der Waals surface area contributed by atoms with Gasteiger partial charge in [0, 0.05) is 11.3 Å². The van der Waals surface area contributed by atoms with Gasteiger partial charge in [0.2, 0.25) is 0 Å². The van der Waals surface area contributed by atoms with E-state index in [0.29, 0.717) is 17.1 Å². The van der Waals surface area contributed by atoms with Crippen molar-refractivity contribution in [2.75, 3.05) is 30.9 Å². The Morgan fingerprint density at radius 3 is 2.95 bits per heavy atom. The number of thioether (sulfide) groups is 1. The number of benzene rings is 1. The molecular formula is C14H17NO3S. The molecule has 0 amide bonds. The Morgan fingerprint density at radius 2 is 2.32 bits per heavy atom. The number of hydrogen-bond acceptors (Lipinski definition) is 4. The molecular weight excluding hydrogens is 262 g/mol. The number of aromatic carboxylic acids is 1. The van der Waals surface area contributed by atoms with Crippen molar-refractivity contribution < 1.29 is 14.6 Å². The lowest BCUT2D eigenvalue weighted by molar-refractivity contribution is 0.0692. The van der Waals surface area contributed by atoms with E-state index in [9.17, 15) is 9.90 Å². The lowest BCUT2D eigenvalue weighted by Gasteiger charge is -2.34. The van der Waals surface area contributed by atoms with Gasteiger partial charge in [-0.15, -0.1) is 0 Å². The maximum Gasteiger partial charge on any atom is 0.339 e. The maximum absolute atomic E-state index is 11.2. The Bertz CT molecular complexity index is 513. The van der Waals surface area contributed by atoms with Gasteiger partial charge in [0.1, 0.15) is 12.2 Å². The first kappa shape index (κ1) is 12.7. The Hall–Kier alpha value is -1.36. The van der Waals surface area contributed by atoms with Crippen LogP contribution in [0.4, 0.5) is 5.69 Å². The van der Waals surface area contributed by atoms with Crippen molar-refractivity contribution >= 4 is 23.4 Å². The summed E-state index contributed by atoms with van der Waals surface area (Å²) in [6.07, 6.45) is 4.65. The van der Waals surface area contributed by atoms with Crippen molar-refractivity contribution in [1.29, 1.82) is 0 Å². The van der Waals surface area contributed by atoms with Crippen LogP contribution in [0.5, 0.6) is 5.75 Å². The van der Waals surface area contributed by atoms with Crippen molar-refractivity contribution in [2.45, 2.75) is 17.6 Å². The molecule has 0 bridgehead atoms. The normalized spacial score (nSPS) is 19.5. The zero-order valence-corrected chi connectivity index (χ0v) is 11.7. The molecule has 1 aliphatic carbocycles. The molecule has 0 radical (unpaired) electrons. The smallest absolute Gasteiger partial charge is 0.339 e. The Labute approximate surface area is 116 Å². The summed E-state index contributed by atoms with van der Waals surface area (Å²) < 4.78 is 5.95. The van der Waals surface area contributed by atoms with Crippen LogP contribution < -0.4 is 9.64 Å². The lowest BCUT2D eigenvalue weighted by Crippen LogP contribution is -2.38. The molecule has 102 valence electrons. The van der Waals surface area contributed by atoms with E-state index >= 15 is 0 Å². The molecule has 0 aromatic heterocycles. The predicted octanol–water partition coefficient (Wildman–Crippen LogP) is 2.48. The maximum atomic E-state index is 11.2. The van der Waals surface area contributed by atoms with E-state index in [2.05, 4.69) is 11.2 Å². The topological polar surface area (TPSA) is 49.8 Å². The second-order valence-corrected chi connectivity index (χ2v) is 6.39. The zero-order chi connectivity index (χ0) is 13.5. The quantitative estimate of drug-likeness (QED) is 0.917. The van der Waals surface area contributed by atoms with E-state index in [1.54, 1.807) is 12.1 Å². The van der Waals surface area contributed by atoms with Crippen LogP contribution in [0.1, 0.15) is 23.2 Å². The monoisotopic (exact) mass is 279 g/mol. The Morgan fingerprint density at radius 1 is 1.53 bits per heavy atom. The summed E-state index contributed by atoms with van der Waals surface area (Å²) in [6.45, 7) is 2.37. The van der Waals surface area contributed by atoms with E-state index in [4.69, 9.17) is 4.74 Å². The third kappa shape index (κ3) is 2.27. The summed E-state index contributed by atoms with van der Waals surface area (Å²) in [7, 11) is 0. The van der Waals surface area contributed by atoms with E-state index in [-0.39, 0.29) is 5.56 Å². The van der Waals surface area contributed by atoms with Gasteiger partial charge < -0.3 is 14.7 Å². The zero-order valence-electron chi connectivity index (χ0n) is 10.9. The number of carboxylic acid groups (broad SMARTS) is 1. The highest BCUT2D eigenvalue weighted by Crippen LogP contribution is 2.49. The molecule has 0 spiro atoms. The molecule has 3 rings (SSSR count). The van der Waals surface area contributed by atoms with Gasteiger partial charge in [-0.25, -0.2) is 4.79 Å². The number of nitrogens with zero attached hydrogens (tertiary/aromatic N) is 1. The number of carbonyl (C=O) groups is 1. The van der Waals surface area contributed by atoms with Crippen LogP contribution >= 0.6 is 11.8 Å². The largest absolute Gasteiger partial charge is 0.489 e. The molecule has 1 fully saturated rings. The molecule has 19 heavy (non-hydrogen) atoms. The van der Waals surface area contributed by atoms with Crippen LogP contribution in [0, 0.1) is 0 Å². The predicted molar refractivity (Wildman–Crippen MR) is 76.6 cm³/mol. The van der Waals surface area contributed by atoms with Gasteiger partial charge in [-0.1, -0.05) is 6.07 Å². The number of carboxylic acids is 1. The number of ether oxygens (including phenoxy) is 1. The highest BCUT2D eigenvalue weighted by Gasteiger charge is 2.44. The summed E-state index contributed by atoms with van der Waals surface area (Å²) in [4.78, 5) is 13.5. The van der Waals surface area contributed by atoms with Gasteiger partial charge in [0.25, 0.3) is 0 Å². The van der Waals surface area contributed by atoms with Crippen molar-refractivity contribution in [3.8, 4) is 5.75 Å². The molecule has 1 aromatic carbocycles. The second kappa shape index (κ2) is 4.63. The molecule has 2 aliphatic rings. The third-order valence-corrected chi connectivity index (χ3v) is 5.30. The first-order chi connectivity index (χ1) is 9.15. The van der Waals surface area contributed by atoms with Crippen LogP contribution in [0.15, 0.2) is 18.2 Å². The summed E-state index contributed by atoms with van der Waals surface area (Å²) in [5, 5.41) is 9.22. The van der Waals surface area contributed by atoms with E-state index < -0.39 is 5.97 Å². The number of anilines is 1. The van der Waals surface area contributed by atoms with Gasteiger partial charge >= 0.3 is 5.97 Å². The van der Waals surface area contributed by atoms with E-state index in [0.717, 1.165) is 18.8 Å². The summed E-state index contributed by atoms with van der Waals surface area (Å²) in [5.41, 5.74) is 1.18. The van der Waals surface area contributed by atoms with E-state index in [1.165, 1.54) is 12.8 Å². The number of rotatable bonds is 4. The fraction of sp³-hybridized carbons (Fsp3) is 0.500. The van der Waals surface area contributed by atoms with Gasteiger partial charge in [-0.05, 0) is 31.2 Å². The summed E-state index contributed by atoms with van der Waals surface area (Å²) in [6, 6.07) is 5.35. The van der Waals surface area contributed by atoms with Crippen LogP contribution in [0.3, 0.4) is 0 Å². The number of para-hydroxylation sites is 1. The SMILES string of the molecule is CSC1(CN2CCOc3c(C(=O)O)cccc32)CC1. The molecule has 0 unspecified atom stereocenters. The fourth-order valence-electron chi connectivity index (χ4n) is 2.55. The molecule has 1 saturated carbocycles. The first-order valence-electron chi connectivity index (χ1n) is 6.44. The van der Waals surface area contributed by atoms with Crippen molar-refractivity contribution in [3.63, 3.8) is 0 Å². The molecule has 0 atom stereocenters. The van der Waals surface area contributed by atoms with E-state index in [1.807, 2.05) is 17.8 Å². The Kier molecular flexibility index (Phi) is 3.09. The minimum Gasteiger partial charge on any atom is -0.489 e. The minimum atomic E-state index is -0.926. The van der Waals surface area contributed by atoms with Gasteiger partial charge in [-0.2, -0.15) is 11.8 Å². The summed E-state index contributed by atoms with van der Waals surface area (Å²) >= 11 is 1.92. The molecule has 4 nitrogen and oxygen atoms in total. The standard InChI is InChI=1S/C14H17NO3S/c1-19-14(5-6-14)9-15-7-8-18-12-10(13(16)17)3-2-4-11(12)15/h2-4H,5-9H2,1H3,(H,16,17). The highest BCUT2D eigenvalue weighted by molar-refractivity contribution is 8.00. The van der Waals surface area contributed by atoms with Crippen molar-refractivity contribution in [1.82, 2.24) is 0 Å². The average molecular weight is 279 g/mol. The minimum absolute atomic E-state index is 0.260. The van der Waals surface area contributed by atoms with Crippen molar-refractivity contribution in [2.24, 2.45) is 0 Å². The molecule has 1 heterocycles. The van der Waals surface area contributed by atoms with Crippen LogP contribution in [0.2, 0.25) is 0 Å². The molecule has 0 saturated heterocycles. The van der Waals surface area contributed by atoms with Crippen molar-refractivity contribution in [3.05, 3.63) is 23.8 Å². The molecule has 5 heteroatoms. The second-order valence-electron chi connectivity index (χ2n) is 5.12. The highest BCUT2D eigenvalue weighted by atomic mass is 32.2.